The van der Waals surface area contributed by atoms with Gasteiger partial charge >= 0.3 is 5.43 Å². The fourth-order valence-corrected chi connectivity index (χ4v) is 0.357. The van der Waals surface area contributed by atoms with Crippen molar-refractivity contribution in [3.05, 3.63) is 0 Å². The first-order valence-corrected chi connectivity index (χ1v) is 3.32. The SMILES string of the molecule is Cl.O=C(Cl)OCC(Cl)(Cl)Cl. The van der Waals surface area contributed by atoms with Gasteiger partial charge in [-0.15, -0.1) is 12.4 Å². The topological polar surface area (TPSA) is 26.3 Å². The highest BCUT2D eigenvalue weighted by molar-refractivity contribution is 6.68. The minimum atomic E-state index is -1.58. The Morgan fingerprint density at radius 2 is 1.80 bits per heavy atom. The van der Waals surface area contributed by atoms with Crippen molar-refractivity contribution in [2.75, 3.05) is 6.61 Å². The molecule has 0 N–H and O–H groups in total. The van der Waals surface area contributed by atoms with Crippen LogP contribution in [-0.4, -0.2) is 15.8 Å². The molecule has 62 valence electrons. The maximum absolute atomic E-state index is 9.86. The zero-order chi connectivity index (χ0) is 7.49. The Hall–Kier alpha value is 0.920. The molecular formula is C3H3Cl5O2. The van der Waals surface area contributed by atoms with Gasteiger partial charge in [-0.05, 0) is 0 Å². The summed E-state index contributed by atoms with van der Waals surface area (Å²) >= 11 is 20.3. The molecule has 0 aromatic heterocycles. The third-order valence-electron chi connectivity index (χ3n) is 0.349. The number of rotatable bonds is 1. The van der Waals surface area contributed by atoms with E-state index in [0.29, 0.717) is 0 Å². The molecule has 0 radical (unpaired) electrons. The normalized spacial score (nSPS) is 10.0. The lowest BCUT2D eigenvalue weighted by atomic mass is 10.8. The highest BCUT2D eigenvalue weighted by Crippen LogP contribution is 2.25. The van der Waals surface area contributed by atoms with Gasteiger partial charge in [-0.3, -0.25) is 0 Å². The van der Waals surface area contributed by atoms with Crippen molar-refractivity contribution in [2.45, 2.75) is 3.79 Å². The summed E-state index contributed by atoms with van der Waals surface area (Å²) < 4.78 is 2.56. The molecule has 0 aromatic carbocycles. The van der Waals surface area contributed by atoms with Crippen LogP contribution in [0.3, 0.4) is 0 Å². The Morgan fingerprint density at radius 1 is 1.40 bits per heavy atom. The van der Waals surface area contributed by atoms with Crippen molar-refractivity contribution in [3.63, 3.8) is 0 Å². The monoisotopic (exact) mass is 246 g/mol. The summed E-state index contributed by atoms with van der Waals surface area (Å²) in [6, 6.07) is 0. The quantitative estimate of drug-likeness (QED) is 0.526. The van der Waals surface area contributed by atoms with Crippen molar-refractivity contribution >= 4 is 64.2 Å². The van der Waals surface area contributed by atoms with Crippen molar-refractivity contribution in [3.8, 4) is 0 Å². The molecule has 0 bridgehead atoms. The van der Waals surface area contributed by atoms with Gasteiger partial charge < -0.3 is 4.74 Å². The number of carbonyl (C=O) groups is 1. The maximum Gasteiger partial charge on any atom is 0.403 e. The van der Waals surface area contributed by atoms with Gasteiger partial charge in [-0.1, -0.05) is 34.8 Å². The number of ether oxygens (including phenoxy) is 1. The summed E-state index contributed by atoms with van der Waals surface area (Å²) in [6.07, 6.45) is 0. The highest BCUT2D eigenvalue weighted by Gasteiger charge is 2.21. The van der Waals surface area contributed by atoms with E-state index in [1.165, 1.54) is 0 Å². The molecule has 0 rings (SSSR count). The third-order valence-corrected chi connectivity index (χ3v) is 0.786. The fourth-order valence-electron chi connectivity index (χ4n) is 0.139. The molecule has 0 atom stereocenters. The van der Waals surface area contributed by atoms with E-state index in [1.807, 2.05) is 0 Å². The Balaban J connectivity index is 0. The van der Waals surface area contributed by atoms with Gasteiger partial charge in [0.05, 0.1) is 0 Å². The number of hydrogen-bond donors (Lipinski definition) is 0. The van der Waals surface area contributed by atoms with E-state index in [-0.39, 0.29) is 19.0 Å². The van der Waals surface area contributed by atoms with E-state index in [4.69, 9.17) is 46.4 Å². The van der Waals surface area contributed by atoms with Crippen LogP contribution < -0.4 is 0 Å². The first-order chi connectivity index (χ1) is 3.92. The predicted octanol–water partition coefficient (Wildman–Crippen LogP) is 3.15. The predicted molar refractivity (Wildman–Crippen MR) is 44.7 cm³/mol. The molecule has 0 aromatic rings. The van der Waals surface area contributed by atoms with Crippen LogP contribution in [0.4, 0.5) is 4.79 Å². The first kappa shape index (κ1) is 13.5. The van der Waals surface area contributed by atoms with E-state index in [2.05, 4.69) is 4.74 Å². The minimum Gasteiger partial charge on any atom is -0.449 e. The molecule has 0 fully saturated rings. The Labute approximate surface area is 84.1 Å². The summed E-state index contributed by atoms with van der Waals surface area (Å²) in [5, 5.41) is 0. The molecule has 2 nitrogen and oxygen atoms in total. The summed E-state index contributed by atoms with van der Waals surface area (Å²) in [6.45, 7) is -0.333. The van der Waals surface area contributed by atoms with E-state index < -0.39 is 9.22 Å². The molecule has 7 heteroatoms. The van der Waals surface area contributed by atoms with Crippen LogP contribution >= 0.6 is 58.8 Å². The molecule has 0 aliphatic heterocycles. The molecule has 0 amide bonds. The molecule has 0 aliphatic rings. The first-order valence-electron chi connectivity index (χ1n) is 1.81. The molecule has 0 heterocycles. The number of hydrogen-bond acceptors (Lipinski definition) is 2. The lowest BCUT2D eigenvalue weighted by Gasteiger charge is -2.07. The fraction of sp³-hybridized carbons (Fsp3) is 0.667. The zero-order valence-electron chi connectivity index (χ0n) is 4.44. The van der Waals surface area contributed by atoms with Crippen molar-refractivity contribution < 1.29 is 9.53 Å². The Kier molecular flexibility index (Phi) is 7.50. The molecule has 0 saturated carbocycles. The lowest BCUT2D eigenvalue weighted by molar-refractivity contribution is 0.176. The maximum atomic E-state index is 9.86. The number of alkyl halides is 3. The van der Waals surface area contributed by atoms with Crippen LogP contribution in [0.25, 0.3) is 0 Å². The van der Waals surface area contributed by atoms with Gasteiger partial charge in [-0.2, -0.15) is 0 Å². The highest BCUT2D eigenvalue weighted by atomic mass is 35.6. The van der Waals surface area contributed by atoms with Gasteiger partial charge in [0.25, 0.3) is 0 Å². The molecule has 0 unspecified atom stereocenters. The van der Waals surface area contributed by atoms with Crippen LogP contribution in [0.1, 0.15) is 0 Å². The molecule has 0 saturated heterocycles. The number of halogens is 5. The largest absolute Gasteiger partial charge is 0.449 e. The van der Waals surface area contributed by atoms with Crippen LogP contribution in [0.2, 0.25) is 0 Å². The van der Waals surface area contributed by atoms with Crippen LogP contribution in [-0.2, 0) is 4.74 Å². The zero-order valence-corrected chi connectivity index (χ0v) is 8.28. The standard InChI is InChI=1S/C3H2Cl4O2.ClH/c4-2(8)9-1-3(5,6)7;/h1H2;1H. The van der Waals surface area contributed by atoms with Gasteiger partial charge in [0.15, 0.2) is 0 Å². The molecule has 0 spiro atoms. The second-order valence-corrected chi connectivity index (χ2v) is 3.97. The molecule has 0 aliphatic carbocycles. The van der Waals surface area contributed by atoms with Crippen LogP contribution in [0.15, 0.2) is 0 Å². The van der Waals surface area contributed by atoms with E-state index in [1.54, 1.807) is 0 Å². The van der Waals surface area contributed by atoms with Crippen molar-refractivity contribution in [1.82, 2.24) is 0 Å². The van der Waals surface area contributed by atoms with Crippen molar-refractivity contribution in [2.24, 2.45) is 0 Å². The summed E-state index contributed by atoms with van der Waals surface area (Å²) in [5.74, 6) is 0. The minimum absolute atomic E-state index is 0. The molecule has 10 heavy (non-hydrogen) atoms. The van der Waals surface area contributed by atoms with Gasteiger partial charge in [0.2, 0.25) is 3.79 Å². The Bertz CT molecular complexity index is 108. The van der Waals surface area contributed by atoms with Gasteiger partial charge in [-0.25, -0.2) is 4.79 Å². The number of carbonyl (C=O) groups excluding carboxylic acids is 1. The summed E-state index contributed by atoms with van der Waals surface area (Å²) in [4.78, 5) is 9.86. The second-order valence-electron chi connectivity index (χ2n) is 1.14. The van der Waals surface area contributed by atoms with E-state index >= 15 is 0 Å². The summed E-state index contributed by atoms with van der Waals surface area (Å²) in [5.41, 5.74) is -0.985. The third kappa shape index (κ3) is 11.7. The average molecular weight is 248 g/mol. The van der Waals surface area contributed by atoms with E-state index in [0.717, 1.165) is 0 Å². The Morgan fingerprint density at radius 3 is 1.90 bits per heavy atom. The lowest BCUT2D eigenvalue weighted by Crippen LogP contribution is -2.13. The van der Waals surface area contributed by atoms with E-state index in [9.17, 15) is 4.79 Å². The van der Waals surface area contributed by atoms with Crippen LogP contribution in [0, 0.1) is 0 Å². The molecular weight excluding hydrogens is 245 g/mol. The van der Waals surface area contributed by atoms with Crippen LogP contribution in [0.5, 0.6) is 0 Å². The van der Waals surface area contributed by atoms with Gasteiger partial charge in [0.1, 0.15) is 6.61 Å². The second kappa shape index (κ2) is 5.56. The van der Waals surface area contributed by atoms with Gasteiger partial charge in [0, 0.05) is 11.6 Å². The average Bonchev–Trinajstić information content (AvgIpc) is 1.59. The summed E-state index contributed by atoms with van der Waals surface area (Å²) in [7, 11) is 0. The smallest absolute Gasteiger partial charge is 0.403 e. The van der Waals surface area contributed by atoms with Crippen molar-refractivity contribution in [1.29, 1.82) is 0 Å².